The van der Waals surface area contributed by atoms with Crippen LogP contribution in [-0.4, -0.2) is 33.6 Å². The Morgan fingerprint density at radius 1 is 1.38 bits per heavy atom. The zero-order valence-electron chi connectivity index (χ0n) is 9.87. The average Bonchev–Trinajstić information content (AvgIpc) is 2.30. The van der Waals surface area contributed by atoms with Crippen LogP contribution in [0.25, 0.3) is 0 Å². The Bertz CT molecular complexity index is 363. The summed E-state index contributed by atoms with van der Waals surface area (Å²) in [6, 6.07) is 5.38. The van der Waals surface area contributed by atoms with Gasteiger partial charge in [-0.3, -0.25) is 4.79 Å². The highest BCUT2D eigenvalue weighted by molar-refractivity contribution is 5.98. The van der Waals surface area contributed by atoms with Gasteiger partial charge in [0.05, 0.1) is 20.3 Å². The van der Waals surface area contributed by atoms with Crippen molar-refractivity contribution in [1.82, 2.24) is 5.32 Å². The van der Waals surface area contributed by atoms with E-state index in [1.54, 1.807) is 33.4 Å². The van der Waals surface area contributed by atoms with Crippen molar-refractivity contribution < 1.29 is 14.3 Å². The van der Waals surface area contributed by atoms with Crippen LogP contribution in [0.15, 0.2) is 18.2 Å². The van der Waals surface area contributed by atoms with Gasteiger partial charge in [0.25, 0.3) is 0 Å². The monoisotopic (exact) mass is 223 g/mol. The van der Waals surface area contributed by atoms with Gasteiger partial charge in [0.15, 0.2) is 5.78 Å². The number of rotatable bonds is 6. The molecule has 0 bridgehead atoms. The van der Waals surface area contributed by atoms with Gasteiger partial charge in [-0.2, -0.15) is 0 Å². The highest BCUT2D eigenvalue weighted by atomic mass is 16.5. The molecule has 0 aromatic heterocycles. The van der Waals surface area contributed by atoms with Crippen LogP contribution in [-0.2, 0) is 11.3 Å². The Labute approximate surface area is 95.6 Å². The molecule has 88 valence electrons. The van der Waals surface area contributed by atoms with E-state index < -0.39 is 0 Å². The molecule has 0 radical (unpaired) electrons. The van der Waals surface area contributed by atoms with Crippen LogP contribution >= 0.6 is 0 Å². The maximum atomic E-state index is 11.6. The van der Waals surface area contributed by atoms with Gasteiger partial charge in [-0.05, 0) is 13.1 Å². The second-order valence-electron chi connectivity index (χ2n) is 3.41. The number of likely N-dealkylation sites (N-methyl/N-ethyl adjacent to an activating group) is 1. The fourth-order valence-corrected chi connectivity index (χ4v) is 1.46. The number of Topliss-reactive ketones (excluding diaryl/α,β-unsaturated/α-hetero) is 1. The highest BCUT2D eigenvalue weighted by Gasteiger charge is 2.09. The maximum Gasteiger partial charge on any atom is 0.176 e. The van der Waals surface area contributed by atoms with Gasteiger partial charge in [0, 0.05) is 18.2 Å². The molecule has 1 aromatic rings. The summed E-state index contributed by atoms with van der Waals surface area (Å²) in [5.41, 5.74) is 1.58. The molecule has 4 heteroatoms. The van der Waals surface area contributed by atoms with E-state index in [4.69, 9.17) is 9.47 Å². The summed E-state index contributed by atoms with van der Waals surface area (Å²) in [5, 5.41) is 2.83. The van der Waals surface area contributed by atoms with E-state index in [0.29, 0.717) is 24.5 Å². The standard InChI is InChI=1S/C12H17NO3/c1-13-7-11(14)9-4-5-10(8-15-2)12(6-9)16-3/h4-6,13H,7-8H2,1-3H3. The molecule has 16 heavy (non-hydrogen) atoms. The normalized spacial score (nSPS) is 10.2. The van der Waals surface area contributed by atoms with Gasteiger partial charge < -0.3 is 14.8 Å². The quantitative estimate of drug-likeness (QED) is 0.737. The summed E-state index contributed by atoms with van der Waals surface area (Å²) >= 11 is 0. The van der Waals surface area contributed by atoms with E-state index in [1.165, 1.54) is 0 Å². The van der Waals surface area contributed by atoms with Gasteiger partial charge in [-0.1, -0.05) is 12.1 Å². The minimum Gasteiger partial charge on any atom is -0.496 e. The lowest BCUT2D eigenvalue weighted by Gasteiger charge is -2.09. The van der Waals surface area contributed by atoms with Crippen molar-refractivity contribution in [2.24, 2.45) is 0 Å². The molecule has 0 aliphatic rings. The van der Waals surface area contributed by atoms with Crippen LogP contribution in [0.5, 0.6) is 5.75 Å². The third-order valence-electron chi connectivity index (χ3n) is 2.25. The molecule has 0 heterocycles. The van der Waals surface area contributed by atoms with Crippen molar-refractivity contribution >= 4 is 5.78 Å². The van der Waals surface area contributed by atoms with Crippen molar-refractivity contribution in [1.29, 1.82) is 0 Å². The van der Waals surface area contributed by atoms with Crippen LogP contribution in [0, 0.1) is 0 Å². The number of hydrogen-bond donors (Lipinski definition) is 1. The summed E-state index contributed by atoms with van der Waals surface area (Å²) in [6.07, 6.45) is 0. The highest BCUT2D eigenvalue weighted by Crippen LogP contribution is 2.21. The molecular formula is C12H17NO3. The lowest BCUT2D eigenvalue weighted by atomic mass is 10.1. The number of hydrogen-bond acceptors (Lipinski definition) is 4. The molecule has 0 aliphatic heterocycles. The first-order valence-corrected chi connectivity index (χ1v) is 5.06. The molecule has 0 fully saturated rings. The maximum absolute atomic E-state index is 11.6. The summed E-state index contributed by atoms with van der Waals surface area (Å²) in [6.45, 7) is 0.802. The van der Waals surface area contributed by atoms with Crippen LogP contribution in [0.1, 0.15) is 15.9 Å². The zero-order chi connectivity index (χ0) is 12.0. The van der Waals surface area contributed by atoms with Gasteiger partial charge in [0.2, 0.25) is 0 Å². The Morgan fingerprint density at radius 2 is 2.12 bits per heavy atom. The predicted molar refractivity (Wildman–Crippen MR) is 62.0 cm³/mol. The van der Waals surface area contributed by atoms with Gasteiger partial charge in [-0.25, -0.2) is 0 Å². The number of benzene rings is 1. The molecule has 0 amide bonds. The van der Waals surface area contributed by atoms with E-state index in [1.807, 2.05) is 6.07 Å². The van der Waals surface area contributed by atoms with Crippen molar-refractivity contribution in [3.63, 3.8) is 0 Å². The summed E-state index contributed by atoms with van der Waals surface area (Å²) in [4.78, 5) is 11.6. The lowest BCUT2D eigenvalue weighted by molar-refractivity contribution is 0.0993. The van der Waals surface area contributed by atoms with Gasteiger partial charge >= 0.3 is 0 Å². The molecule has 1 aromatic carbocycles. The molecule has 4 nitrogen and oxygen atoms in total. The fourth-order valence-electron chi connectivity index (χ4n) is 1.46. The molecular weight excluding hydrogens is 206 g/mol. The smallest absolute Gasteiger partial charge is 0.176 e. The van der Waals surface area contributed by atoms with Gasteiger partial charge in [0.1, 0.15) is 5.75 Å². The molecule has 0 atom stereocenters. The largest absolute Gasteiger partial charge is 0.496 e. The van der Waals surface area contributed by atoms with E-state index in [-0.39, 0.29) is 5.78 Å². The van der Waals surface area contributed by atoms with Crippen LogP contribution in [0.4, 0.5) is 0 Å². The van der Waals surface area contributed by atoms with Gasteiger partial charge in [-0.15, -0.1) is 0 Å². The number of nitrogens with one attached hydrogen (secondary N) is 1. The molecule has 0 aliphatic carbocycles. The molecule has 0 spiro atoms. The average molecular weight is 223 g/mol. The second kappa shape index (κ2) is 6.25. The molecule has 1 N–H and O–H groups in total. The molecule has 0 saturated carbocycles. The predicted octanol–water partition coefficient (Wildman–Crippen LogP) is 1.24. The Kier molecular flexibility index (Phi) is 4.95. The third kappa shape index (κ3) is 3.05. The number of methoxy groups -OCH3 is 2. The summed E-state index contributed by atoms with van der Waals surface area (Å²) in [5.74, 6) is 0.730. The number of ether oxygens (including phenoxy) is 2. The Hall–Kier alpha value is -1.39. The Morgan fingerprint density at radius 3 is 2.69 bits per heavy atom. The molecule has 0 saturated heterocycles. The minimum atomic E-state index is 0.0461. The van der Waals surface area contributed by atoms with Crippen LogP contribution < -0.4 is 10.1 Å². The second-order valence-corrected chi connectivity index (χ2v) is 3.41. The third-order valence-corrected chi connectivity index (χ3v) is 2.25. The zero-order valence-corrected chi connectivity index (χ0v) is 9.87. The first-order chi connectivity index (χ1) is 7.72. The number of ketones is 1. The van der Waals surface area contributed by atoms with E-state index in [0.717, 1.165) is 5.56 Å². The van der Waals surface area contributed by atoms with E-state index in [9.17, 15) is 4.79 Å². The SMILES string of the molecule is CNCC(=O)c1ccc(COC)c(OC)c1. The summed E-state index contributed by atoms with van der Waals surface area (Å²) in [7, 11) is 4.95. The van der Waals surface area contributed by atoms with Crippen molar-refractivity contribution in [2.45, 2.75) is 6.61 Å². The Balaban J connectivity index is 2.94. The van der Waals surface area contributed by atoms with Crippen molar-refractivity contribution in [2.75, 3.05) is 27.8 Å². The molecule has 0 unspecified atom stereocenters. The lowest BCUT2D eigenvalue weighted by Crippen LogP contribution is -2.18. The van der Waals surface area contributed by atoms with Crippen molar-refractivity contribution in [3.05, 3.63) is 29.3 Å². The van der Waals surface area contributed by atoms with Crippen molar-refractivity contribution in [3.8, 4) is 5.75 Å². The van der Waals surface area contributed by atoms with E-state index >= 15 is 0 Å². The van der Waals surface area contributed by atoms with Crippen LogP contribution in [0.2, 0.25) is 0 Å². The topological polar surface area (TPSA) is 47.6 Å². The van der Waals surface area contributed by atoms with E-state index in [2.05, 4.69) is 5.32 Å². The number of carbonyl (C=O) groups excluding carboxylic acids is 1. The molecule has 1 rings (SSSR count). The minimum absolute atomic E-state index is 0.0461. The fraction of sp³-hybridized carbons (Fsp3) is 0.417. The first kappa shape index (κ1) is 12.7. The number of carbonyl (C=O) groups is 1. The first-order valence-electron chi connectivity index (χ1n) is 5.06. The summed E-state index contributed by atoms with van der Waals surface area (Å²) < 4.78 is 10.3. The van der Waals surface area contributed by atoms with Crippen LogP contribution in [0.3, 0.4) is 0 Å².